The summed E-state index contributed by atoms with van der Waals surface area (Å²) in [6, 6.07) is 0. The Balaban J connectivity index is 1.89. The van der Waals surface area contributed by atoms with Crippen LogP contribution in [0, 0.1) is 0 Å². The highest BCUT2D eigenvalue weighted by Crippen LogP contribution is 2.41. The Labute approximate surface area is 81.6 Å². The maximum Gasteiger partial charge on any atom is 0.0987 e. The van der Waals surface area contributed by atoms with Crippen molar-refractivity contribution in [3.05, 3.63) is 15.6 Å². The average molecular weight is 195 g/mol. The van der Waals surface area contributed by atoms with Crippen molar-refractivity contribution < 1.29 is 5.11 Å². The quantitative estimate of drug-likeness (QED) is 0.742. The van der Waals surface area contributed by atoms with Gasteiger partial charge in [-0.3, -0.25) is 0 Å². The molecular formula is C10H13NOS. The van der Waals surface area contributed by atoms with E-state index in [1.165, 1.54) is 28.4 Å². The van der Waals surface area contributed by atoms with E-state index in [0.717, 1.165) is 19.3 Å². The molecule has 2 nitrogen and oxygen atoms in total. The summed E-state index contributed by atoms with van der Waals surface area (Å²) in [5.41, 5.74) is 1.32. The molecule has 1 fully saturated rings. The van der Waals surface area contributed by atoms with Crippen molar-refractivity contribution in [2.45, 2.75) is 44.1 Å². The van der Waals surface area contributed by atoms with Gasteiger partial charge in [0.15, 0.2) is 0 Å². The molecule has 0 amide bonds. The second kappa shape index (κ2) is 2.79. The summed E-state index contributed by atoms with van der Waals surface area (Å²) in [5.74, 6) is 0.371. The Morgan fingerprint density at radius 1 is 1.31 bits per heavy atom. The monoisotopic (exact) mass is 195 g/mol. The van der Waals surface area contributed by atoms with E-state index in [9.17, 15) is 5.11 Å². The zero-order valence-electron chi connectivity index (χ0n) is 7.49. The number of aromatic nitrogens is 1. The minimum Gasteiger partial charge on any atom is -0.392 e. The molecule has 13 heavy (non-hydrogen) atoms. The Hall–Kier alpha value is -0.410. The number of aryl methyl sites for hydroxylation is 2. The van der Waals surface area contributed by atoms with E-state index >= 15 is 0 Å². The number of rotatable bonds is 1. The fourth-order valence-corrected chi connectivity index (χ4v) is 3.49. The smallest absolute Gasteiger partial charge is 0.0987 e. The molecule has 0 bridgehead atoms. The Bertz CT molecular complexity index is 312. The molecular weight excluding hydrogens is 182 g/mol. The highest BCUT2D eigenvalue weighted by molar-refractivity contribution is 7.11. The summed E-state index contributed by atoms with van der Waals surface area (Å²) >= 11 is 1.84. The van der Waals surface area contributed by atoms with Gasteiger partial charge < -0.3 is 5.11 Å². The third-order valence-electron chi connectivity index (χ3n) is 3.17. The van der Waals surface area contributed by atoms with Crippen LogP contribution in [0.2, 0.25) is 0 Å². The summed E-state index contributed by atoms with van der Waals surface area (Å²) in [6.07, 6.45) is 5.65. The largest absolute Gasteiger partial charge is 0.392 e. The van der Waals surface area contributed by atoms with E-state index in [1.54, 1.807) is 0 Å². The van der Waals surface area contributed by atoms with Gasteiger partial charge in [-0.15, -0.1) is 11.3 Å². The third kappa shape index (κ3) is 1.14. The fourth-order valence-electron chi connectivity index (χ4n) is 2.14. The van der Waals surface area contributed by atoms with Crippen LogP contribution in [-0.2, 0) is 12.8 Å². The lowest BCUT2D eigenvalue weighted by Gasteiger charge is -2.30. The molecule has 2 aliphatic carbocycles. The number of aliphatic hydroxyl groups is 1. The highest BCUT2D eigenvalue weighted by atomic mass is 32.1. The Kier molecular flexibility index (Phi) is 1.70. The normalized spacial score (nSPS) is 31.5. The Morgan fingerprint density at radius 3 is 2.85 bits per heavy atom. The first-order chi connectivity index (χ1) is 6.34. The van der Waals surface area contributed by atoms with Gasteiger partial charge in [0.1, 0.15) is 0 Å². The zero-order valence-corrected chi connectivity index (χ0v) is 8.31. The number of hydrogen-bond donors (Lipinski definition) is 1. The van der Waals surface area contributed by atoms with Gasteiger partial charge in [0, 0.05) is 10.8 Å². The minimum absolute atomic E-state index is 0.105. The number of nitrogens with zero attached hydrogens (tertiary/aromatic N) is 1. The number of thiazole rings is 1. The zero-order chi connectivity index (χ0) is 8.84. The molecule has 1 aromatic heterocycles. The van der Waals surface area contributed by atoms with Crippen molar-refractivity contribution in [1.29, 1.82) is 0 Å². The first-order valence-corrected chi connectivity index (χ1v) is 5.83. The molecule has 0 aromatic carbocycles. The lowest BCUT2D eigenvalue weighted by Crippen LogP contribution is -2.28. The van der Waals surface area contributed by atoms with Crippen LogP contribution < -0.4 is 0 Å². The van der Waals surface area contributed by atoms with E-state index in [2.05, 4.69) is 4.98 Å². The number of fused-ring (bicyclic) bond motifs is 1. The first-order valence-electron chi connectivity index (χ1n) is 5.01. The van der Waals surface area contributed by atoms with Gasteiger partial charge in [0.05, 0.1) is 16.8 Å². The molecule has 1 saturated carbocycles. The van der Waals surface area contributed by atoms with Crippen molar-refractivity contribution in [3.8, 4) is 0 Å². The van der Waals surface area contributed by atoms with Crippen molar-refractivity contribution in [1.82, 2.24) is 4.98 Å². The molecule has 2 aliphatic rings. The second-order valence-corrected chi connectivity index (χ2v) is 5.14. The number of hydrogen-bond acceptors (Lipinski definition) is 3. The van der Waals surface area contributed by atoms with Crippen LogP contribution in [0.3, 0.4) is 0 Å². The molecule has 0 saturated heterocycles. The van der Waals surface area contributed by atoms with Crippen molar-refractivity contribution in [2.75, 3.05) is 0 Å². The molecule has 2 unspecified atom stereocenters. The van der Waals surface area contributed by atoms with Crippen LogP contribution >= 0.6 is 11.3 Å². The first kappa shape index (κ1) is 7.94. The lowest BCUT2D eigenvalue weighted by atomic mass is 9.82. The Morgan fingerprint density at radius 2 is 2.23 bits per heavy atom. The van der Waals surface area contributed by atoms with Gasteiger partial charge in [-0.25, -0.2) is 4.98 Å². The molecule has 3 heteroatoms. The minimum atomic E-state index is -0.105. The highest BCUT2D eigenvalue weighted by Gasteiger charge is 2.33. The van der Waals surface area contributed by atoms with E-state index in [4.69, 9.17) is 0 Å². The third-order valence-corrected chi connectivity index (χ3v) is 4.46. The summed E-state index contributed by atoms with van der Waals surface area (Å²) in [5, 5.41) is 10.7. The topological polar surface area (TPSA) is 33.1 Å². The van der Waals surface area contributed by atoms with Gasteiger partial charge in [0.2, 0.25) is 0 Å². The summed E-state index contributed by atoms with van der Waals surface area (Å²) in [6.45, 7) is 0. The van der Waals surface area contributed by atoms with Crippen molar-refractivity contribution in [3.63, 3.8) is 0 Å². The predicted octanol–water partition coefficient (Wildman–Crippen LogP) is 1.87. The van der Waals surface area contributed by atoms with E-state index in [-0.39, 0.29) is 6.10 Å². The second-order valence-electron chi connectivity index (χ2n) is 4.03. The van der Waals surface area contributed by atoms with Gasteiger partial charge >= 0.3 is 0 Å². The average Bonchev–Trinajstić information content (AvgIpc) is 2.61. The van der Waals surface area contributed by atoms with E-state index in [1.807, 2.05) is 11.3 Å². The molecule has 1 aromatic rings. The van der Waals surface area contributed by atoms with Crippen LogP contribution in [0.5, 0.6) is 0 Å². The van der Waals surface area contributed by atoms with E-state index < -0.39 is 0 Å². The van der Waals surface area contributed by atoms with Crippen molar-refractivity contribution >= 4 is 11.3 Å². The molecule has 1 N–H and O–H groups in total. The molecule has 0 aliphatic heterocycles. The lowest BCUT2D eigenvalue weighted by molar-refractivity contribution is 0.0659. The van der Waals surface area contributed by atoms with Crippen LogP contribution in [0.15, 0.2) is 0 Å². The molecule has 0 spiro atoms. The number of aliphatic hydroxyl groups excluding tert-OH is 1. The van der Waals surface area contributed by atoms with Crippen molar-refractivity contribution in [2.24, 2.45) is 0 Å². The van der Waals surface area contributed by atoms with Crippen LogP contribution in [-0.4, -0.2) is 16.2 Å². The molecule has 70 valence electrons. The molecule has 1 heterocycles. The summed E-state index contributed by atoms with van der Waals surface area (Å²) in [4.78, 5) is 6.10. The van der Waals surface area contributed by atoms with E-state index in [0.29, 0.717) is 5.92 Å². The maximum absolute atomic E-state index is 9.52. The van der Waals surface area contributed by atoms with Crippen LogP contribution in [0.25, 0.3) is 0 Å². The molecule has 3 rings (SSSR count). The summed E-state index contributed by atoms with van der Waals surface area (Å²) in [7, 11) is 0. The standard InChI is InChI=1S/C10H13NOS/c12-8-5-4-6(8)10-11-7-2-1-3-9(7)13-10/h6,8,12H,1-5H2. The van der Waals surface area contributed by atoms with Gasteiger partial charge in [0.25, 0.3) is 0 Å². The van der Waals surface area contributed by atoms with Crippen LogP contribution in [0.4, 0.5) is 0 Å². The maximum atomic E-state index is 9.52. The fraction of sp³-hybridized carbons (Fsp3) is 0.700. The SMILES string of the molecule is OC1CCC1c1nc2c(s1)CCC2. The summed E-state index contributed by atoms with van der Waals surface area (Å²) < 4.78 is 0. The predicted molar refractivity (Wildman–Crippen MR) is 52.1 cm³/mol. The van der Waals surface area contributed by atoms with Crippen LogP contribution in [0.1, 0.15) is 40.8 Å². The van der Waals surface area contributed by atoms with Gasteiger partial charge in [-0.2, -0.15) is 0 Å². The van der Waals surface area contributed by atoms with Gasteiger partial charge in [-0.1, -0.05) is 0 Å². The van der Waals surface area contributed by atoms with Gasteiger partial charge in [-0.05, 0) is 32.1 Å². The molecule has 2 atom stereocenters. The molecule has 0 radical (unpaired) electrons.